The molecule has 2 aromatic rings. The second-order valence-corrected chi connectivity index (χ2v) is 7.75. The highest BCUT2D eigenvalue weighted by Gasteiger charge is 2.46. The van der Waals surface area contributed by atoms with Gasteiger partial charge in [-0.15, -0.1) is 0 Å². The lowest BCUT2D eigenvalue weighted by molar-refractivity contribution is -0.139. The summed E-state index contributed by atoms with van der Waals surface area (Å²) in [7, 11) is 0. The molecule has 1 heterocycles. The van der Waals surface area contributed by atoms with E-state index in [-0.39, 0.29) is 30.1 Å². The molecule has 4 rings (SSSR count). The molecule has 0 radical (unpaired) electrons. The highest BCUT2D eigenvalue weighted by Crippen LogP contribution is 2.34. The SMILES string of the molecule is O=C1CC(N(CCc2cccc(Cl)c2)C(=O)C2CC2)C(=O)N1c1ccccc1. The third-order valence-corrected chi connectivity index (χ3v) is 5.49. The number of rotatable bonds is 6. The lowest BCUT2D eigenvalue weighted by atomic mass is 10.1. The molecule has 28 heavy (non-hydrogen) atoms. The molecule has 0 N–H and O–H groups in total. The number of imide groups is 1. The first-order valence-corrected chi connectivity index (χ1v) is 9.89. The lowest BCUT2D eigenvalue weighted by Crippen LogP contribution is -2.47. The molecule has 1 atom stereocenters. The van der Waals surface area contributed by atoms with Gasteiger partial charge in [0.1, 0.15) is 6.04 Å². The molecule has 0 bridgehead atoms. The van der Waals surface area contributed by atoms with E-state index < -0.39 is 6.04 Å². The fraction of sp³-hybridized carbons (Fsp3) is 0.318. The minimum atomic E-state index is -0.736. The highest BCUT2D eigenvalue weighted by molar-refractivity contribution is 6.30. The Morgan fingerprint density at radius 3 is 2.50 bits per heavy atom. The van der Waals surface area contributed by atoms with E-state index in [9.17, 15) is 14.4 Å². The molecule has 144 valence electrons. The zero-order valence-corrected chi connectivity index (χ0v) is 16.1. The monoisotopic (exact) mass is 396 g/mol. The number of hydrogen-bond acceptors (Lipinski definition) is 3. The molecule has 0 aromatic heterocycles. The Labute approximate surface area is 168 Å². The summed E-state index contributed by atoms with van der Waals surface area (Å²) in [5.74, 6) is -0.634. The second-order valence-electron chi connectivity index (χ2n) is 7.31. The summed E-state index contributed by atoms with van der Waals surface area (Å²) in [6, 6.07) is 15.6. The molecule has 1 aliphatic carbocycles. The Balaban J connectivity index is 1.55. The van der Waals surface area contributed by atoms with E-state index in [0.717, 1.165) is 18.4 Å². The van der Waals surface area contributed by atoms with Gasteiger partial charge in [0.05, 0.1) is 12.1 Å². The lowest BCUT2D eigenvalue weighted by Gasteiger charge is -2.28. The van der Waals surface area contributed by atoms with Crippen molar-refractivity contribution in [1.82, 2.24) is 4.90 Å². The van der Waals surface area contributed by atoms with E-state index in [2.05, 4.69) is 0 Å². The second kappa shape index (κ2) is 7.76. The molecule has 3 amide bonds. The molecular formula is C22H21ClN2O3. The number of amides is 3. The van der Waals surface area contributed by atoms with Crippen LogP contribution in [0.25, 0.3) is 0 Å². The summed E-state index contributed by atoms with van der Waals surface area (Å²) < 4.78 is 0. The number of anilines is 1. The zero-order valence-electron chi connectivity index (χ0n) is 15.4. The van der Waals surface area contributed by atoms with Crippen molar-refractivity contribution in [2.75, 3.05) is 11.4 Å². The van der Waals surface area contributed by atoms with Crippen LogP contribution < -0.4 is 4.90 Å². The van der Waals surface area contributed by atoms with Crippen LogP contribution in [0.3, 0.4) is 0 Å². The Hall–Kier alpha value is -2.66. The van der Waals surface area contributed by atoms with Crippen LogP contribution in [0.4, 0.5) is 5.69 Å². The minimum Gasteiger partial charge on any atom is -0.330 e. The summed E-state index contributed by atoms with van der Waals surface area (Å²) in [6.07, 6.45) is 2.32. The van der Waals surface area contributed by atoms with Crippen molar-refractivity contribution in [1.29, 1.82) is 0 Å². The molecular weight excluding hydrogens is 376 g/mol. The molecule has 2 fully saturated rings. The van der Waals surface area contributed by atoms with Gasteiger partial charge in [0.15, 0.2) is 0 Å². The van der Waals surface area contributed by atoms with Crippen molar-refractivity contribution in [2.45, 2.75) is 31.7 Å². The Bertz CT molecular complexity index is 911. The van der Waals surface area contributed by atoms with Crippen molar-refractivity contribution in [3.05, 3.63) is 65.2 Å². The van der Waals surface area contributed by atoms with E-state index in [0.29, 0.717) is 23.7 Å². The standard InChI is InChI=1S/C22H21ClN2O3/c23-17-6-4-5-15(13-17)11-12-24(21(27)16-9-10-16)19-14-20(26)25(22(19)28)18-7-2-1-3-8-18/h1-8,13,16,19H,9-12,14H2. The predicted octanol–water partition coefficient (Wildman–Crippen LogP) is 3.45. The first-order valence-electron chi connectivity index (χ1n) is 9.51. The highest BCUT2D eigenvalue weighted by atomic mass is 35.5. The molecule has 6 heteroatoms. The number of benzene rings is 2. The average Bonchev–Trinajstić information content (AvgIpc) is 3.49. The van der Waals surface area contributed by atoms with Crippen LogP contribution in [0.1, 0.15) is 24.8 Å². The normalized spacial score (nSPS) is 19.2. The van der Waals surface area contributed by atoms with Crippen LogP contribution in [0, 0.1) is 5.92 Å². The molecule has 1 aliphatic heterocycles. The first kappa shape index (κ1) is 18.7. The third kappa shape index (κ3) is 3.80. The van der Waals surface area contributed by atoms with Gasteiger partial charge in [-0.05, 0) is 49.1 Å². The minimum absolute atomic E-state index is 0.0203. The molecule has 1 saturated heterocycles. The van der Waals surface area contributed by atoms with Crippen LogP contribution in [0.15, 0.2) is 54.6 Å². The fourth-order valence-electron chi connectivity index (χ4n) is 3.63. The Kier molecular flexibility index (Phi) is 5.18. The number of carbonyl (C=O) groups is 3. The van der Waals surface area contributed by atoms with Gasteiger partial charge in [0.2, 0.25) is 11.8 Å². The van der Waals surface area contributed by atoms with Gasteiger partial charge in [0, 0.05) is 17.5 Å². The van der Waals surface area contributed by atoms with Crippen LogP contribution in [-0.4, -0.2) is 35.2 Å². The summed E-state index contributed by atoms with van der Waals surface area (Å²) in [4.78, 5) is 41.3. The fourth-order valence-corrected chi connectivity index (χ4v) is 3.85. The van der Waals surface area contributed by atoms with Crippen molar-refractivity contribution in [3.8, 4) is 0 Å². The predicted molar refractivity (Wildman–Crippen MR) is 107 cm³/mol. The average molecular weight is 397 g/mol. The summed E-state index contributed by atoms with van der Waals surface area (Å²) >= 11 is 6.05. The molecule has 0 spiro atoms. The summed E-state index contributed by atoms with van der Waals surface area (Å²) in [5, 5.41) is 0.639. The van der Waals surface area contributed by atoms with E-state index >= 15 is 0 Å². The van der Waals surface area contributed by atoms with Gasteiger partial charge in [-0.3, -0.25) is 14.4 Å². The topological polar surface area (TPSA) is 57.7 Å². The maximum absolute atomic E-state index is 13.1. The van der Waals surface area contributed by atoms with Gasteiger partial charge < -0.3 is 4.90 Å². The van der Waals surface area contributed by atoms with E-state index in [1.807, 2.05) is 24.3 Å². The van der Waals surface area contributed by atoms with Gasteiger partial charge in [-0.25, -0.2) is 4.90 Å². The van der Waals surface area contributed by atoms with E-state index in [4.69, 9.17) is 11.6 Å². The number of hydrogen-bond donors (Lipinski definition) is 0. The van der Waals surface area contributed by atoms with Gasteiger partial charge in [-0.1, -0.05) is 41.9 Å². The molecule has 5 nitrogen and oxygen atoms in total. The number of para-hydroxylation sites is 1. The summed E-state index contributed by atoms with van der Waals surface area (Å²) in [6.45, 7) is 0.391. The molecule has 1 unspecified atom stereocenters. The third-order valence-electron chi connectivity index (χ3n) is 5.25. The smallest absolute Gasteiger partial charge is 0.257 e. The molecule has 1 saturated carbocycles. The van der Waals surface area contributed by atoms with Crippen molar-refractivity contribution < 1.29 is 14.4 Å². The van der Waals surface area contributed by atoms with Crippen molar-refractivity contribution in [3.63, 3.8) is 0 Å². The van der Waals surface area contributed by atoms with Crippen LogP contribution in [0.5, 0.6) is 0 Å². The van der Waals surface area contributed by atoms with E-state index in [1.54, 1.807) is 35.2 Å². The quantitative estimate of drug-likeness (QED) is 0.702. The van der Waals surface area contributed by atoms with Crippen molar-refractivity contribution >= 4 is 35.0 Å². The molecule has 2 aromatic carbocycles. The Morgan fingerprint density at radius 1 is 1.07 bits per heavy atom. The van der Waals surface area contributed by atoms with Crippen LogP contribution in [0.2, 0.25) is 5.02 Å². The number of nitrogens with zero attached hydrogens (tertiary/aromatic N) is 2. The van der Waals surface area contributed by atoms with E-state index in [1.165, 1.54) is 4.90 Å². The number of carbonyl (C=O) groups excluding carboxylic acids is 3. The van der Waals surface area contributed by atoms with Gasteiger partial charge in [-0.2, -0.15) is 0 Å². The van der Waals surface area contributed by atoms with Gasteiger partial charge in [0.25, 0.3) is 5.91 Å². The van der Waals surface area contributed by atoms with Gasteiger partial charge >= 0.3 is 0 Å². The van der Waals surface area contributed by atoms with Crippen LogP contribution >= 0.6 is 11.6 Å². The first-order chi connectivity index (χ1) is 13.5. The summed E-state index contributed by atoms with van der Waals surface area (Å²) in [5.41, 5.74) is 1.55. The largest absolute Gasteiger partial charge is 0.330 e. The van der Waals surface area contributed by atoms with Crippen molar-refractivity contribution in [2.24, 2.45) is 5.92 Å². The molecule has 2 aliphatic rings. The van der Waals surface area contributed by atoms with Crippen LogP contribution in [-0.2, 0) is 20.8 Å². The zero-order chi connectivity index (χ0) is 19.7. The maximum Gasteiger partial charge on any atom is 0.257 e. The Morgan fingerprint density at radius 2 is 1.82 bits per heavy atom. The number of halogens is 1. The maximum atomic E-state index is 13.1.